The number of nitrogens with zero attached hydrogens (tertiary/aromatic N) is 1. The normalized spacial score (nSPS) is 13.6. The number of carbonyl (C=O) groups excluding carboxylic acids is 1. The van der Waals surface area contributed by atoms with Gasteiger partial charge in [0.15, 0.2) is 0 Å². The molecule has 0 aliphatic carbocycles. The maximum absolute atomic E-state index is 13.3. The molecule has 0 bridgehead atoms. The third kappa shape index (κ3) is 5.01. The van der Waals surface area contributed by atoms with Crippen LogP contribution in [0.15, 0.2) is 79.1 Å². The van der Waals surface area contributed by atoms with E-state index in [-0.39, 0.29) is 18.1 Å². The van der Waals surface area contributed by atoms with Crippen molar-refractivity contribution in [2.75, 3.05) is 6.54 Å². The molecule has 1 aliphatic rings. The van der Waals surface area contributed by atoms with E-state index >= 15 is 0 Å². The van der Waals surface area contributed by atoms with Crippen molar-refractivity contribution in [3.8, 4) is 16.2 Å². The summed E-state index contributed by atoms with van der Waals surface area (Å²) in [7, 11) is 0. The van der Waals surface area contributed by atoms with E-state index in [0.717, 1.165) is 24.4 Å². The predicted molar refractivity (Wildman–Crippen MR) is 139 cm³/mol. The van der Waals surface area contributed by atoms with Crippen molar-refractivity contribution >= 4 is 23.0 Å². The molecule has 7 heteroatoms. The number of fused-ring (bicyclic) bond motifs is 1. The quantitative estimate of drug-likeness (QED) is 0.276. The number of amides is 1. The average molecular weight is 483 g/mol. The number of benzene rings is 2. The van der Waals surface area contributed by atoms with Crippen LogP contribution < -0.4 is 10.6 Å². The minimum absolute atomic E-state index is 0.0909. The third-order valence-electron chi connectivity index (χ3n) is 6.27. The largest absolute Gasteiger partial charge is 0.508 e. The van der Waals surface area contributed by atoms with E-state index in [2.05, 4.69) is 33.8 Å². The lowest BCUT2D eigenvalue weighted by Crippen LogP contribution is -2.29. The van der Waals surface area contributed by atoms with Gasteiger partial charge in [0.2, 0.25) is 0 Å². The topological polar surface area (TPSA) is 98.1 Å². The van der Waals surface area contributed by atoms with E-state index < -0.39 is 6.04 Å². The number of para-hydroxylation sites is 1. The number of aromatic nitrogens is 1. The van der Waals surface area contributed by atoms with Crippen molar-refractivity contribution in [3.63, 3.8) is 0 Å². The summed E-state index contributed by atoms with van der Waals surface area (Å²) in [6, 6.07) is 20.2. The highest BCUT2D eigenvalue weighted by Gasteiger charge is 2.23. The zero-order valence-electron chi connectivity index (χ0n) is 19.1. The van der Waals surface area contributed by atoms with Crippen LogP contribution in [-0.2, 0) is 13.0 Å². The summed E-state index contributed by atoms with van der Waals surface area (Å²) in [5.74, 6) is -0.131. The van der Waals surface area contributed by atoms with Gasteiger partial charge in [0.05, 0.1) is 10.9 Å². The van der Waals surface area contributed by atoms with Gasteiger partial charge in [-0.05, 0) is 53.9 Å². The summed E-state index contributed by atoms with van der Waals surface area (Å²) < 4.78 is 0. The monoisotopic (exact) mass is 482 g/mol. The number of nitrogens with one attached hydrogen (secondary N) is 3. The molecule has 0 fully saturated rings. The van der Waals surface area contributed by atoms with Gasteiger partial charge >= 0.3 is 0 Å². The fourth-order valence-electron chi connectivity index (χ4n) is 4.48. The van der Waals surface area contributed by atoms with Gasteiger partial charge in [0, 0.05) is 47.1 Å². The molecular weight excluding hydrogens is 456 g/mol. The molecule has 4 aromatic rings. The van der Waals surface area contributed by atoms with Gasteiger partial charge in [0.1, 0.15) is 5.75 Å². The van der Waals surface area contributed by atoms with Gasteiger partial charge in [-0.1, -0.05) is 42.5 Å². The second-order valence-electron chi connectivity index (χ2n) is 8.54. The minimum Gasteiger partial charge on any atom is -0.508 e. The third-order valence-corrected chi connectivity index (χ3v) is 7.39. The van der Waals surface area contributed by atoms with Crippen LogP contribution in [-0.4, -0.2) is 28.3 Å². The highest BCUT2D eigenvalue weighted by Crippen LogP contribution is 2.34. The highest BCUT2D eigenvalue weighted by atomic mass is 32.1. The number of thiophene rings is 1. The lowest BCUT2D eigenvalue weighted by Gasteiger charge is -2.20. The van der Waals surface area contributed by atoms with E-state index in [9.17, 15) is 9.90 Å². The van der Waals surface area contributed by atoms with Gasteiger partial charge in [-0.15, -0.1) is 11.3 Å². The van der Waals surface area contributed by atoms with Gasteiger partial charge in [-0.2, -0.15) is 0 Å². The van der Waals surface area contributed by atoms with E-state index in [0.29, 0.717) is 21.7 Å². The number of phenols is 1. The first-order valence-electron chi connectivity index (χ1n) is 11.6. The van der Waals surface area contributed by atoms with E-state index in [4.69, 9.17) is 5.41 Å². The van der Waals surface area contributed by atoms with Crippen LogP contribution >= 0.6 is 11.3 Å². The molecule has 176 valence electrons. The maximum atomic E-state index is 13.3. The molecule has 4 N–H and O–H groups in total. The number of rotatable bonds is 7. The smallest absolute Gasteiger partial charge is 0.261 e. The van der Waals surface area contributed by atoms with E-state index in [1.165, 1.54) is 28.0 Å². The number of hydrogen-bond acceptors (Lipinski definition) is 6. The Labute approximate surface area is 208 Å². The number of aromatic hydroxyl groups is 1. The van der Waals surface area contributed by atoms with Gasteiger partial charge in [-0.25, -0.2) is 0 Å². The van der Waals surface area contributed by atoms with Crippen molar-refractivity contribution in [2.45, 2.75) is 25.4 Å². The molecule has 1 aliphatic heterocycles. The minimum atomic E-state index is -0.558. The van der Waals surface area contributed by atoms with Gasteiger partial charge in [-0.3, -0.25) is 9.78 Å². The Hall–Kier alpha value is -3.81. The summed E-state index contributed by atoms with van der Waals surface area (Å²) >= 11 is 1.46. The van der Waals surface area contributed by atoms with Crippen LogP contribution in [0.1, 0.15) is 44.4 Å². The molecule has 2 aromatic heterocycles. The zero-order chi connectivity index (χ0) is 24.2. The van der Waals surface area contributed by atoms with Crippen LogP contribution in [0.3, 0.4) is 0 Å². The molecule has 0 saturated heterocycles. The Morgan fingerprint density at radius 3 is 2.83 bits per heavy atom. The Morgan fingerprint density at radius 1 is 1.11 bits per heavy atom. The van der Waals surface area contributed by atoms with Crippen LogP contribution in [0.4, 0.5) is 0 Å². The Morgan fingerprint density at radius 2 is 2.00 bits per heavy atom. The second kappa shape index (κ2) is 10.2. The Bertz CT molecular complexity index is 1370. The summed E-state index contributed by atoms with van der Waals surface area (Å²) in [4.78, 5) is 19.1. The summed E-state index contributed by atoms with van der Waals surface area (Å²) in [6.45, 7) is 1.82. The summed E-state index contributed by atoms with van der Waals surface area (Å²) in [6.07, 6.45) is 4.49. The first-order valence-corrected chi connectivity index (χ1v) is 12.4. The lowest BCUT2D eigenvalue weighted by atomic mass is 9.95. The SMILES string of the molecule is N=C(CC(NC(=O)c1ccc(-c2cccc3c2CCNC3)s1)c1ccccc1O)c1cccnc1. The first kappa shape index (κ1) is 23.0. The molecule has 5 rings (SSSR count). The van der Waals surface area contributed by atoms with Crippen LogP contribution in [0, 0.1) is 5.41 Å². The summed E-state index contributed by atoms with van der Waals surface area (Å²) in [5.41, 5.74) is 5.44. The Balaban J connectivity index is 1.40. The van der Waals surface area contributed by atoms with Crippen molar-refractivity contribution in [3.05, 3.63) is 106 Å². The predicted octanol–water partition coefficient (Wildman–Crippen LogP) is 5.09. The zero-order valence-corrected chi connectivity index (χ0v) is 19.9. The molecule has 3 heterocycles. The number of hydrogen-bond donors (Lipinski definition) is 4. The van der Waals surface area contributed by atoms with Crippen LogP contribution in [0.5, 0.6) is 5.75 Å². The Kier molecular flexibility index (Phi) is 6.70. The number of phenolic OH excluding ortho intramolecular Hbond substituents is 1. The van der Waals surface area contributed by atoms with Crippen molar-refractivity contribution in [1.29, 1.82) is 5.41 Å². The molecule has 1 amide bonds. The molecule has 35 heavy (non-hydrogen) atoms. The standard InChI is InChI=1S/C28H26N4O2S/c29-23(19-6-4-13-30-17-19)15-24(22-7-1-2-9-25(22)33)32-28(34)27-11-10-26(35-27)21-8-3-5-18-16-31-14-12-20(18)21/h1-11,13,17,24,29,31,33H,12,14-16H2,(H,32,34). The van der Waals surface area contributed by atoms with Gasteiger partial charge < -0.3 is 21.1 Å². The summed E-state index contributed by atoms with van der Waals surface area (Å²) in [5, 5.41) is 25.5. The lowest BCUT2D eigenvalue weighted by molar-refractivity contribution is 0.0941. The second-order valence-corrected chi connectivity index (χ2v) is 9.63. The molecular formula is C28H26N4O2S. The molecule has 6 nitrogen and oxygen atoms in total. The van der Waals surface area contributed by atoms with E-state index in [1.54, 1.807) is 36.7 Å². The van der Waals surface area contributed by atoms with Crippen molar-refractivity contribution in [1.82, 2.24) is 15.6 Å². The fourth-order valence-corrected chi connectivity index (χ4v) is 5.44. The van der Waals surface area contributed by atoms with Crippen molar-refractivity contribution < 1.29 is 9.90 Å². The molecule has 2 aromatic carbocycles. The van der Waals surface area contributed by atoms with E-state index in [1.807, 2.05) is 24.3 Å². The van der Waals surface area contributed by atoms with Gasteiger partial charge in [0.25, 0.3) is 5.91 Å². The number of pyridine rings is 1. The first-order chi connectivity index (χ1) is 17.1. The molecule has 0 spiro atoms. The maximum Gasteiger partial charge on any atom is 0.261 e. The molecule has 0 radical (unpaired) electrons. The molecule has 1 unspecified atom stereocenters. The van der Waals surface area contributed by atoms with Crippen LogP contribution in [0.25, 0.3) is 10.4 Å². The molecule has 0 saturated carbocycles. The van der Waals surface area contributed by atoms with Crippen molar-refractivity contribution in [2.24, 2.45) is 0 Å². The number of carbonyl (C=O) groups is 1. The highest BCUT2D eigenvalue weighted by molar-refractivity contribution is 7.17. The molecule has 1 atom stereocenters. The van der Waals surface area contributed by atoms with Crippen LogP contribution in [0.2, 0.25) is 0 Å². The fraction of sp³-hybridized carbons (Fsp3) is 0.179. The average Bonchev–Trinajstić information content (AvgIpc) is 3.39.